The van der Waals surface area contributed by atoms with Crippen molar-refractivity contribution in [1.82, 2.24) is 4.98 Å². The van der Waals surface area contributed by atoms with Crippen LogP contribution in [-0.4, -0.2) is 30.5 Å². The summed E-state index contributed by atoms with van der Waals surface area (Å²) in [5, 5.41) is 12.1. The third-order valence-electron chi connectivity index (χ3n) is 5.68. The summed E-state index contributed by atoms with van der Waals surface area (Å²) in [4.78, 5) is 31.4. The van der Waals surface area contributed by atoms with Crippen molar-refractivity contribution in [3.63, 3.8) is 0 Å². The average molecular weight is 457 g/mol. The van der Waals surface area contributed by atoms with Crippen LogP contribution in [0.2, 0.25) is 0 Å². The third kappa shape index (κ3) is 4.69. The highest BCUT2D eigenvalue weighted by Crippen LogP contribution is 2.34. The number of hydrogen-bond donors (Lipinski definition) is 1. The van der Waals surface area contributed by atoms with Crippen molar-refractivity contribution in [2.75, 3.05) is 23.9 Å². The smallest absolute Gasteiger partial charge is 0.237 e. The van der Waals surface area contributed by atoms with Gasteiger partial charge in [0.25, 0.3) is 0 Å². The molecule has 2 heterocycles. The molecule has 0 radical (unpaired) electrons. The Balaban J connectivity index is 1.46. The summed E-state index contributed by atoms with van der Waals surface area (Å²) in [6.45, 7) is 4.07. The zero-order valence-corrected chi connectivity index (χ0v) is 19.2. The van der Waals surface area contributed by atoms with E-state index < -0.39 is 5.92 Å². The number of benzene rings is 2. The van der Waals surface area contributed by atoms with Crippen LogP contribution in [0.1, 0.15) is 23.1 Å². The van der Waals surface area contributed by atoms with Crippen LogP contribution >= 0.6 is 0 Å². The Kier molecular flexibility index (Phi) is 6.46. The SMILES string of the molecule is COc1ccc(C)cc1N1CC(C(=O)Nc2ccc(Oc3ncccc3C#N)cc2C)CC1=O. The number of anilines is 2. The first-order valence-electron chi connectivity index (χ1n) is 10.8. The Morgan fingerprint density at radius 1 is 1.21 bits per heavy atom. The van der Waals surface area contributed by atoms with Crippen molar-refractivity contribution in [1.29, 1.82) is 5.26 Å². The van der Waals surface area contributed by atoms with Gasteiger partial charge in [-0.2, -0.15) is 5.26 Å². The number of ether oxygens (including phenoxy) is 2. The molecule has 1 aliphatic heterocycles. The van der Waals surface area contributed by atoms with Crippen LogP contribution in [0.4, 0.5) is 11.4 Å². The standard InChI is InChI=1S/C26H24N4O4/c1-16-6-9-23(33-3)22(11-16)30-15-19(13-24(30)31)25(32)29-21-8-7-20(12-17(21)2)34-26-18(14-27)5-4-10-28-26/h4-12,19H,13,15H2,1-3H3,(H,29,32). The van der Waals surface area contributed by atoms with E-state index in [1.165, 1.54) is 0 Å². The molecule has 0 bridgehead atoms. The maximum absolute atomic E-state index is 13.0. The van der Waals surface area contributed by atoms with Gasteiger partial charge in [0, 0.05) is 24.8 Å². The largest absolute Gasteiger partial charge is 0.495 e. The van der Waals surface area contributed by atoms with Crippen molar-refractivity contribution in [3.05, 3.63) is 71.4 Å². The minimum atomic E-state index is -0.486. The fourth-order valence-electron chi connectivity index (χ4n) is 3.87. The molecular weight excluding hydrogens is 432 g/mol. The van der Waals surface area contributed by atoms with Crippen molar-refractivity contribution in [2.45, 2.75) is 20.3 Å². The summed E-state index contributed by atoms with van der Waals surface area (Å²) in [5.41, 5.74) is 3.41. The van der Waals surface area contributed by atoms with E-state index in [1.54, 1.807) is 48.5 Å². The second-order valence-electron chi connectivity index (χ2n) is 8.12. The second-order valence-corrected chi connectivity index (χ2v) is 8.12. The van der Waals surface area contributed by atoms with Crippen molar-refractivity contribution in [2.24, 2.45) is 5.92 Å². The van der Waals surface area contributed by atoms with E-state index in [4.69, 9.17) is 9.47 Å². The number of rotatable bonds is 6. The van der Waals surface area contributed by atoms with Gasteiger partial charge in [0.15, 0.2) is 0 Å². The van der Waals surface area contributed by atoms with Crippen molar-refractivity contribution < 1.29 is 19.1 Å². The number of carbonyl (C=O) groups is 2. The van der Waals surface area contributed by atoms with Gasteiger partial charge in [-0.15, -0.1) is 0 Å². The van der Waals surface area contributed by atoms with Crippen LogP contribution in [0.3, 0.4) is 0 Å². The van der Waals surface area contributed by atoms with E-state index in [0.29, 0.717) is 28.4 Å². The molecule has 0 aliphatic carbocycles. The molecule has 1 aliphatic rings. The lowest BCUT2D eigenvalue weighted by Gasteiger charge is -2.20. The lowest BCUT2D eigenvalue weighted by molar-refractivity contribution is -0.122. The van der Waals surface area contributed by atoms with Gasteiger partial charge >= 0.3 is 0 Å². The van der Waals surface area contributed by atoms with E-state index in [-0.39, 0.29) is 30.7 Å². The molecule has 1 aromatic heterocycles. The maximum atomic E-state index is 13.0. The van der Waals surface area contributed by atoms with Crippen LogP contribution < -0.4 is 19.7 Å². The Labute approximate surface area is 197 Å². The molecule has 172 valence electrons. The van der Waals surface area contributed by atoms with E-state index in [1.807, 2.05) is 38.1 Å². The first-order chi connectivity index (χ1) is 16.4. The molecule has 1 N–H and O–H groups in total. The molecule has 0 spiro atoms. The summed E-state index contributed by atoms with van der Waals surface area (Å²) in [7, 11) is 1.56. The number of carbonyl (C=O) groups excluding carboxylic acids is 2. The van der Waals surface area contributed by atoms with E-state index in [9.17, 15) is 14.9 Å². The molecule has 1 unspecified atom stereocenters. The molecule has 2 aromatic carbocycles. The fourth-order valence-corrected chi connectivity index (χ4v) is 3.87. The van der Waals surface area contributed by atoms with E-state index >= 15 is 0 Å². The number of pyridine rings is 1. The van der Waals surface area contributed by atoms with E-state index in [2.05, 4.69) is 10.3 Å². The number of aromatic nitrogens is 1. The predicted molar refractivity (Wildman–Crippen MR) is 127 cm³/mol. The summed E-state index contributed by atoms with van der Waals surface area (Å²) in [6.07, 6.45) is 1.68. The van der Waals surface area contributed by atoms with E-state index in [0.717, 1.165) is 11.1 Å². The molecule has 0 saturated carbocycles. The van der Waals surface area contributed by atoms with Crippen LogP contribution in [0.15, 0.2) is 54.7 Å². The summed E-state index contributed by atoms with van der Waals surface area (Å²) in [6, 6.07) is 16.2. The Bertz CT molecular complexity index is 1300. The molecule has 8 heteroatoms. The number of hydrogen-bond acceptors (Lipinski definition) is 6. The molecule has 1 saturated heterocycles. The number of nitrogens with zero attached hydrogens (tertiary/aromatic N) is 3. The minimum absolute atomic E-state index is 0.117. The monoisotopic (exact) mass is 456 g/mol. The number of methoxy groups -OCH3 is 1. The van der Waals surface area contributed by atoms with Crippen LogP contribution in [-0.2, 0) is 9.59 Å². The molecule has 2 amide bonds. The van der Waals surface area contributed by atoms with Crippen LogP contribution in [0, 0.1) is 31.1 Å². The number of nitriles is 1. The summed E-state index contributed by atoms with van der Waals surface area (Å²) < 4.78 is 11.1. The van der Waals surface area contributed by atoms with Crippen molar-refractivity contribution in [3.8, 4) is 23.4 Å². The molecule has 1 fully saturated rings. The Hall–Kier alpha value is -4.38. The Morgan fingerprint density at radius 2 is 2.03 bits per heavy atom. The molecule has 3 aromatic rings. The van der Waals surface area contributed by atoms with Crippen LogP contribution in [0.25, 0.3) is 0 Å². The van der Waals surface area contributed by atoms with Gasteiger partial charge < -0.3 is 19.7 Å². The first kappa shape index (κ1) is 22.8. The molecule has 8 nitrogen and oxygen atoms in total. The summed E-state index contributed by atoms with van der Waals surface area (Å²) >= 11 is 0. The zero-order chi connectivity index (χ0) is 24.2. The maximum Gasteiger partial charge on any atom is 0.237 e. The third-order valence-corrected chi connectivity index (χ3v) is 5.68. The normalized spacial score (nSPS) is 15.1. The van der Waals surface area contributed by atoms with Gasteiger partial charge in [0.1, 0.15) is 23.1 Å². The lowest BCUT2D eigenvalue weighted by atomic mass is 10.1. The number of amides is 2. The molecule has 4 rings (SSSR count). The average Bonchev–Trinajstić information content (AvgIpc) is 3.22. The van der Waals surface area contributed by atoms with Crippen molar-refractivity contribution >= 4 is 23.2 Å². The molecule has 1 atom stereocenters. The lowest BCUT2D eigenvalue weighted by Crippen LogP contribution is -2.28. The zero-order valence-electron chi connectivity index (χ0n) is 19.2. The minimum Gasteiger partial charge on any atom is -0.495 e. The van der Waals surface area contributed by atoms with Gasteiger partial charge in [0.05, 0.1) is 18.7 Å². The quantitative estimate of drug-likeness (QED) is 0.591. The van der Waals surface area contributed by atoms with Gasteiger partial charge in [-0.25, -0.2) is 4.98 Å². The fraction of sp³-hybridized carbons (Fsp3) is 0.231. The van der Waals surface area contributed by atoms with Gasteiger partial charge in [0.2, 0.25) is 17.7 Å². The van der Waals surface area contributed by atoms with Gasteiger partial charge in [-0.05, 0) is 67.4 Å². The second kappa shape index (κ2) is 9.63. The highest BCUT2D eigenvalue weighted by atomic mass is 16.5. The van der Waals surface area contributed by atoms with Crippen LogP contribution in [0.5, 0.6) is 17.4 Å². The topological polar surface area (TPSA) is 105 Å². The number of aryl methyl sites for hydroxylation is 2. The van der Waals surface area contributed by atoms with Gasteiger partial charge in [-0.1, -0.05) is 6.07 Å². The highest BCUT2D eigenvalue weighted by molar-refractivity contribution is 6.04. The summed E-state index contributed by atoms with van der Waals surface area (Å²) in [5.74, 6) is 0.486. The predicted octanol–water partition coefficient (Wildman–Crippen LogP) is 4.36. The molecular formula is C26H24N4O4. The van der Waals surface area contributed by atoms with Gasteiger partial charge in [-0.3, -0.25) is 9.59 Å². The number of nitrogens with one attached hydrogen (secondary N) is 1. The highest BCUT2D eigenvalue weighted by Gasteiger charge is 2.36. The Morgan fingerprint density at radius 3 is 2.76 bits per heavy atom. The first-order valence-corrected chi connectivity index (χ1v) is 10.8. The molecule has 34 heavy (non-hydrogen) atoms.